The van der Waals surface area contributed by atoms with Crippen LogP contribution >= 0.6 is 0 Å². The number of nitrogens with zero attached hydrogens (tertiary/aromatic N) is 2. The summed E-state index contributed by atoms with van der Waals surface area (Å²) < 4.78 is 0. The molecular formula is C8H9N2. The molecule has 10 heavy (non-hydrogen) atoms. The number of hydrogen-bond donors (Lipinski definition) is 0. The molecular weight excluding hydrogens is 124 g/mol. The van der Waals surface area contributed by atoms with Gasteiger partial charge < -0.3 is 0 Å². The summed E-state index contributed by atoms with van der Waals surface area (Å²) >= 11 is 0. The Hall–Kier alpha value is -1.05. The van der Waals surface area contributed by atoms with Crippen molar-refractivity contribution < 1.29 is 0 Å². The fraction of sp³-hybridized carbons (Fsp3) is 0.375. The van der Waals surface area contributed by atoms with E-state index in [0.29, 0.717) is 0 Å². The van der Waals surface area contributed by atoms with Crippen molar-refractivity contribution in [2.24, 2.45) is 4.99 Å². The van der Waals surface area contributed by atoms with Gasteiger partial charge >= 0.3 is 0 Å². The van der Waals surface area contributed by atoms with Gasteiger partial charge in [-0.25, -0.2) is 0 Å². The third kappa shape index (κ3) is 0.856. The molecule has 1 radical (unpaired) electrons. The molecule has 0 spiro atoms. The first-order chi connectivity index (χ1) is 4.97. The maximum absolute atomic E-state index is 4.26. The van der Waals surface area contributed by atoms with Gasteiger partial charge in [0, 0.05) is 12.4 Å². The summed E-state index contributed by atoms with van der Waals surface area (Å²) in [6, 6.07) is 0. The summed E-state index contributed by atoms with van der Waals surface area (Å²) in [6.45, 7) is 0.780. The highest BCUT2D eigenvalue weighted by Crippen LogP contribution is 2.19. The minimum Gasteiger partial charge on any atom is -0.287 e. The maximum Gasteiger partial charge on any atom is 0.0814 e. The normalized spacial score (nSPS) is 22.4. The fourth-order valence-corrected chi connectivity index (χ4v) is 1.23. The van der Waals surface area contributed by atoms with Crippen molar-refractivity contribution >= 4 is 6.21 Å². The predicted octanol–water partition coefficient (Wildman–Crippen LogP) is 1.24. The molecule has 2 aliphatic rings. The molecule has 0 aromatic carbocycles. The topological polar surface area (TPSA) is 26.5 Å². The third-order valence-electron chi connectivity index (χ3n) is 1.78. The summed E-state index contributed by atoms with van der Waals surface area (Å²) in [4.78, 5) is 4.26. The first kappa shape index (κ1) is 5.71. The Bertz CT molecular complexity index is 199. The van der Waals surface area contributed by atoms with Crippen molar-refractivity contribution in [2.45, 2.75) is 12.8 Å². The smallest absolute Gasteiger partial charge is 0.0814 e. The average Bonchev–Trinajstić information content (AvgIpc) is 2.05. The van der Waals surface area contributed by atoms with E-state index >= 15 is 0 Å². The van der Waals surface area contributed by atoms with Crippen LogP contribution in [0.1, 0.15) is 12.8 Å². The summed E-state index contributed by atoms with van der Waals surface area (Å²) in [5.74, 6) is 0. The lowest BCUT2D eigenvalue weighted by atomic mass is 10.0. The Kier molecular flexibility index (Phi) is 1.31. The van der Waals surface area contributed by atoms with Gasteiger partial charge in [0.25, 0.3) is 0 Å². The number of rotatable bonds is 0. The van der Waals surface area contributed by atoms with Crippen LogP contribution in [0.2, 0.25) is 0 Å². The minimum atomic E-state index is 0.780. The van der Waals surface area contributed by atoms with Crippen LogP contribution in [-0.2, 0) is 0 Å². The van der Waals surface area contributed by atoms with Gasteiger partial charge in [0.1, 0.15) is 0 Å². The molecule has 0 N–H and O–H groups in total. The van der Waals surface area contributed by atoms with Crippen molar-refractivity contribution in [3.05, 3.63) is 23.5 Å². The van der Waals surface area contributed by atoms with E-state index in [1.807, 2.05) is 12.4 Å². The minimum absolute atomic E-state index is 0.780. The number of hydrogen-bond acceptors (Lipinski definition) is 1. The van der Waals surface area contributed by atoms with E-state index in [1.54, 1.807) is 0 Å². The van der Waals surface area contributed by atoms with E-state index in [2.05, 4.69) is 16.4 Å². The molecule has 0 bridgehead atoms. The Morgan fingerprint density at radius 1 is 1.40 bits per heavy atom. The SMILES string of the molecule is C1=CC2=C(C[N]1)N=CCC2. The molecule has 2 nitrogen and oxygen atoms in total. The van der Waals surface area contributed by atoms with Crippen LogP contribution in [0.25, 0.3) is 0 Å². The zero-order valence-corrected chi connectivity index (χ0v) is 5.75. The molecule has 0 saturated carbocycles. The van der Waals surface area contributed by atoms with Gasteiger partial charge in [-0.15, -0.1) is 0 Å². The van der Waals surface area contributed by atoms with Crippen LogP contribution in [0, 0.1) is 0 Å². The highest BCUT2D eigenvalue weighted by Gasteiger charge is 2.09. The van der Waals surface area contributed by atoms with E-state index < -0.39 is 0 Å². The summed E-state index contributed by atoms with van der Waals surface area (Å²) in [6.07, 6.45) is 8.15. The molecule has 0 amide bonds. The molecule has 0 unspecified atom stereocenters. The largest absolute Gasteiger partial charge is 0.287 e. The summed E-state index contributed by atoms with van der Waals surface area (Å²) in [5, 5.41) is 4.11. The Morgan fingerprint density at radius 3 is 3.30 bits per heavy atom. The van der Waals surface area contributed by atoms with Crippen LogP contribution in [-0.4, -0.2) is 12.8 Å². The van der Waals surface area contributed by atoms with Crippen LogP contribution in [0.15, 0.2) is 28.5 Å². The Morgan fingerprint density at radius 2 is 2.40 bits per heavy atom. The van der Waals surface area contributed by atoms with Gasteiger partial charge in [0.15, 0.2) is 0 Å². The second kappa shape index (κ2) is 2.29. The van der Waals surface area contributed by atoms with Gasteiger partial charge in [-0.3, -0.25) is 10.3 Å². The first-order valence-electron chi connectivity index (χ1n) is 3.54. The maximum atomic E-state index is 4.26. The molecule has 0 aliphatic carbocycles. The lowest BCUT2D eigenvalue weighted by molar-refractivity contribution is 0.837. The average molecular weight is 133 g/mol. The van der Waals surface area contributed by atoms with Gasteiger partial charge in [0.2, 0.25) is 0 Å². The third-order valence-corrected chi connectivity index (χ3v) is 1.78. The number of allylic oxidation sites excluding steroid dienone is 2. The molecule has 2 heteroatoms. The van der Waals surface area contributed by atoms with E-state index in [9.17, 15) is 0 Å². The van der Waals surface area contributed by atoms with Crippen LogP contribution < -0.4 is 5.32 Å². The van der Waals surface area contributed by atoms with E-state index in [-0.39, 0.29) is 0 Å². The standard InChI is InChI=1S/C8H9N2/c1-2-7-3-5-9-6-8(7)10-4-1/h3-5H,1-2,6H2. The molecule has 2 heterocycles. The second-order valence-electron chi connectivity index (χ2n) is 2.48. The molecule has 2 aliphatic heterocycles. The van der Waals surface area contributed by atoms with Gasteiger partial charge in [-0.1, -0.05) is 0 Å². The van der Waals surface area contributed by atoms with Crippen LogP contribution in [0.4, 0.5) is 0 Å². The Balaban J connectivity index is 2.32. The molecule has 0 fully saturated rings. The van der Waals surface area contributed by atoms with Crippen LogP contribution in [0.5, 0.6) is 0 Å². The van der Waals surface area contributed by atoms with Crippen LogP contribution in [0.3, 0.4) is 0 Å². The quantitative estimate of drug-likeness (QED) is 0.475. The van der Waals surface area contributed by atoms with Crippen molar-refractivity contribution in [2.75, 3.05) is 6.54 Å². The summed E-state index contributed by atoms with van der Waals surface area (Å²) in [7, 11) is 0. The van der Waals surface area contributed by atoms with Crippen molar-refractivity contribution in [3.8, 4) is 0 Å². The lowest BCUT2D eigenvalue weighted by Gasteiger charge is -2.14. The molecule has 0 aromatic heterocycles. The summed E-state index contributed by atoms with van der Waals surface area (Å²) in [5.41, 5.74) is 2.53. The fourth-order valence-electron chi connectivity index (χ4n) is 1.23. The highest BCUT2D eigenvalue weighted by molar-refractivity contribution is 5.62. The predicted molar refractivity (Wildman–Crippen MR) is 40.9 cm³/mol. The Labute approximate surface area is 60.3 Å². The highest BCUT2D eigenvalue weighted by atomic mass is 14.9. The number of aliphatic imine (C=N–C) groups is 1. The first-order valence-corrected chi connectivity index (χ1v) is 3.54. The molecule has 0 aromatic rings. The zero-order chi connectivity index (χ0) is 6.81. The van der Waals surface area contributed by atoms with Gasteiger partial charge in [-0.2, -0.15) is 0 Å². The van der Waals surface area contributed by atoms with Gasteiger partial charge in [0.05, 0.1) is 12.2 Å². The van der Waals surface area contributed by atoms with E-state index in [1.165, 1.54) is 5.57 Å². The van der Waals surface area contributed by atoms with E-state index in [0.717, 1.165) is 25.1 Å². The van der Waals surface area contributed by atoms with Crippen molar-refractivity contribution in [3.63, 3.8) is 0 Å². The molecule has 0 atom stereocenters. The lowest BCUT2D eigenvalue weighted by Crippen LogP contribution is -2.10. The van der Waals surface area contributed by atoms with Crippen molar-refractivity contribution in [1.29, 1.82) is 0 Å². The zero-order valence-electron chi connectivity index (χ0n) is 5.75. The van der Waals surface area contributed by atoms with Gasteiger partial charge in [-0.05, 0) is 24.5 Å². The second-order valence-corrected chi connectivity index (χ2v) is 2.48. The molecule has 51 valence electrons. The monoisotopic (exact) mass is 133 g/mol. The van der Waals surface area contributed by atoms with Crippen molar-refractivity contribution in [1.82, 2.24) is 5.32 Å². The molecule has 2 rings (SSSR count). The molecule has 0 saturated heterocycles. The van der Waals surface area contributed by atoms with E-state index in [4.69, 9.17) is 0 Å².